The summed E-state index contributed by atoms with van der Waals surface area (Å²) in [6, 6.07) is 3.24. The van der Waals surface area contributed by atoms with E-state index in [4.69, 9.17) is 5.11 Å². The van der Waals surface area contributed by atoms with E-state index in [9.17, 15) is 14.4 Å². The van der Waals surface area contributed by atoms with Gasteiger partial charge in [-0.3, -0.25) is 19.4 Å². The number of nitrogens with zero attached hydrogens (tertiary/aromatic N) is 2. The van der Waals surface area contributed by atoms with Crippen LogP contribution < -0.4 is 0 Å². The molecule has 0 aromatic carbocycles. The Morgan fingerprint density at radius 1 is 1.45 bits per heavy atom. The number of carboxylic acid groups (broad SMARTS) is 1. The van der Waals surface area contributed by atoms with E-state index in [1.54, 1.807) is 31.5 Å². The van der Waals surface area contributed by atoms with Crippen LogP contribution in [0.5, 0.6) is 0 Å². The van der Waals surface area contributed by atoms with Crippen LogP contribution in [0.15, 0.2) is 35.7 Å². The number of aromatic nitrogens is 1. The quantitative estimate of drug-likeness (QED) is 0.801. The molecule has 1 atom stereocenters. The van der Waals surface area contributed by atoms with Crippen molar-refractivity contribution < 1.29 is 19.5 Å². The zero-order valence-corrected chi connectivity index (χ0v) is 13.1. The molecule has 0 aliphatic carbocycles. The number of carbonyl (C=O) groups is 3. The molecule has 0 bridgehead atoms. The van der Waals surface area contributed by atoms with Gasteiger partial charge in [0.2, 0.25) is 0 Å². The molecular weight excluding hydrogens is 304 g/mol. The number of likely N-dealkylation sites (N-methyl/N-ethyl adjacent to an activating group) is 1. The Balaban J connectivity index is 2.53. The highest BCUT2D eigenvalue weighted by molar-refractivity contribution is 7.99. The summed E-state index contributed by atoms with van der Waals surface area (Å²) in [6.45, 7) is 2.22. The summed E-state index contributed by atoms with van der Waals surface area (Å²) in [5.41, 5.74) is 0.683. The molecule has 22 heavy (non-hydrogen) atoms. The third-order valence-corrected chi connectivity index (χ3v) is 4.37. The first-order valence-electron chi connectivity index (χ1n) is 6.74. The molecule has 1 aromatic heterocycles. The van der Waals surface area contributed by atoms with Crippen LogP contribution in [0, 0.1) is 0 Å². The van der Waals surface area contributed by atoms with Gasteiger partial charge in [-0.15, -0.1) is 11.8 Å². The molecule has 1 aliphatic heterocycles. The first-order valence-corrected chi connectivity index (χ1v) is 8.03. The van der Waals surface area contributed by atoms with Gasteiger partial charge in [0, 0.05) is 35.6 Å². The zero-order chi connectivity index (χ0) is 16.3. The topological polar surface area (TPSA) is 87.6 Å². The maximum absolute atomic E-state index is 12.7. The Kier molecular flexibility index (Phi) is 4.97. The monoisotopic (exact) mass is 320 g/mol. The van der Waals surface area contributed by atoms with E-state index in [0.29, 0.717) is 12.1 Å². The Morgan fingerprint density at radius 2 is 2.18 bits per heavy atom. The fraction of sp³-hybridized carbons (Fsp3) is 0.333. The van der Waals surface area contributed by atoms with Gasteiger partial charge in [0.15, 0.2) is 5.78 Å². The van der Waals surface area contributed by atoms with E-state index >= 15 is 0 Å². The molecule has 0 fully saturated rings. The molecule has 0 unspecified atom stereocenters. The van der Waals surface area contributed by atoms with Gasteiger partial charge in [-0.05, 0) is 25.3 Å². The van der Waals surface area contributed by atoms with Crippen molar-refractivity contribution in [3.05, 3.63) is 41.2 Å². The molecule has 2 rings (SSSR count). The Labute approximate surface area is 132 Å². The minimum absolute atomic E-state index is 0.0718. The van der Waals surface area contributed by atoms with Gasteiger partial charge in [0.25, 0.3) is 5.91 Å². The number of hydrogen-bond acceptors (Lipinski definition) is 5. The van der Waals surface area contributed by atoms with Crippen molar-refractivity contribution in [1.29, 1.82) is 0 Å². The first-order chi connectivity index (χ1) is 10.5. The lowest BCUT2D eigenvalue weighted by molar-refractivity contribution is -0.137. The van der Waals surface area contributed by atoms with E-state index in [0.717, 1.165) is 0 Å². The SMILES string of the molecule is CCN1C(=O)C(CC(=O)O)=C(C(=O)c2cccnc2)[C@@H]1SC. The van der Waals surface area contributed by atoms with Crippen LogP contribution in [0.1, 0.15) is 23.7 Å². The second kappa shape index (κ2) is 6.74. The number of carboxylic acids is 1. The lowest BCUT2D eigenvalue weighted by atomic mass is 9.99. The number of ketones is 1. The molecule has 116 valence electrons. The Hall–Kier alpha value is -2.15. The Bertz CT molecular complexity index is 642. The highest BCUT2D eigenvalue weighted by Crippen LogP contribution is 2.35. The molecule has 0 saturated carbocycles. The van der Waals surface area contributed by atoms with Crippen LogP contribution in [0.2, 0.25) is 0 Å². The smallest absolute Gasteiger partial charge is 0.308 e. The molecule has 1 N–H and O–H groups in total. The van der Waals surface area contributed by atoms with Gasteiger partial charge in [0.05, 0.1) is 6.42 Å². The van der Waals surface area contributed by atoms with Crippen molar-refractivity contribution in [2.45, 2.75) is 18.7 Å². The lowest BCUT2D eigenvalue weighted by Crippen LogP contribution is -2.34. The van der Waals surface area contributed by atoms with Gasteiger partial charge in [-0.1, -0.05) is 0 Å². The standard InChI is InChI=1S/C15H16N2O4S/c1-3-17-14(21)10(7-11(18)19)12(15(17)22-2)13(20)9-5-4-6-16-8-9/h4-6,8,15H,3,7H2,1-2H3,(H,18,19)/t15-/m0/s1. The fourth-order valence-corrected chi connectivity index (χ4v) is 3.46. The summed E-state index contributed by atoms with van der Waals surface area (Å²) in [7, 11) is 0. The molecule has 0 spiro atoms. The second-order valence-corrected chi connectivity index (χ2v) is 5.63. The normalized spacial score (nSPS) is 18.0. The summed E-state index contributed by atoms with van der Waals surface area (Å²) in [5, 5.41) is 8.59. The summed E-state index contributed by atoms with van der Waals surface area (Å²) >= 11 is 1.34. The molecule has 1 amide bonds. The van der Waals surface area contributed by atoms with Crippen molar-refractivity contribution in [2.75, 3.05) is 12.8 Å². The largest absolute Gasteiger partial charge is 0.481 e. The Morgan fingerprint density at radius 3 is 2.68 bits per heavy atom. The predicted molar refractivity (Wildman–Crippen MR) is 82.5 cm³/mol. The van der Waals surface area contributed by atoms with E-state index in [1.807, 2.05) is 0 Å². The highest BCUT2D eigenvalue weighted by atomic mass is 32.2. The maximum atomic E-state index is 12.7. The first kappa shape index (κ1) is 16.2. The molecule has 0 radical (unpaired) electrons. The number of pyridine rings is 1. The van der Waals surface area contributed by atoms with Crippen molar-refractivity contribution in [3.63, 3.8) is 0 Å². The molecule has 2 heterocycles. The minimum Gasteiger partial charge on any atom is -0.481 e. The third kappa shape index (κ3) is 2.89. The number of Topliss-reactive ketones (excluding diaryl/α,β-unsaturated/α-hetero) is 1. The third-order valence-electron chi connectivity index (χ3n) is 3.43. The highest BCUT2D eigenvalue weighted by Gasteiger charge is 2.41. The van der Waals surface area contributed by atoms with Crippen molar-refractivity contribution >= 4 is 29.4 Å². The van der Waals surface area contributed by atoms with Crippen LogP contribution in [-0.4, -0.2) is 50.8 Å². The van der Waals surface area contributed by atoms with E-state index < -0.39 is 17.8 Å². The van der Waals surface area contributed by atoms with Crippen LogP contribution >= 0.6 is 11.8 Å². The number of amides is 1. The summed E-state index contributed by atoms with van der Waals surface area (Å²) in [5.74, 6) is -1.85. The molecule has 6 nitrogen and oxygen atoms in total. The zero-order valence-electron chi connectivity index (χ0n) is 12.3. The van der Waals surface area contributed by atoms with Gasteiger partial charge in [-0.25, -0.2) is 0 Å². The van der Waals surface area contributed by atoms with Crippen molar-refractivity contribution in [2.24, 2.45) is 0 Å². The van der Waals surface area contributed by atoms with Gasteiger partial charge in [-0.2, -0.15) is 0 Å². The maximum Gasteiger partial charge on any atom is 0.308 e. The van der Waals surface area contributed by atoms with Crippen molar-refractivity contribution in [1.82, 2.24) is 9.88 Å². The summed E-state index contributed by atoms with van der Waals surface area (Å²) in [4.78, 5) is 41.6. The second-order valence-electron chi connectivity index (χ2n) is 4.71. The van der Waals surface area contributed by atoms with Crippen LogP contribution in [0.3, 0.4) is 0 Å². The van der Waals surface area contributed by atoms with Crippen LogP contribution in [0.4, 0.5) is 0 Å². The predicted octanol–water partition coefficient (Wildman–Crippen LogP) is 1.59. The number of carbonyl (C=O) groups excluding carboxylic acids is 2. The van der Waals surface area contributed by atoms with Crippen LogP contribution in [-0.2, 0) is 9.59 Å². The van der Waals surface area contributed by atoms with Crippen molar-refractivity contribution in [3.8, 4) is 0 Å². The van der Waals surface area contributed by atoms with Gasteiger partial charge in [0.1, 0.15) is 5.37 Å². The fourth-order valence-electron chi connectivity index (χ4n) is 2.48. The molecule has 1 aliphatic rings. The number of hydrogen-bond donors (Lipinski definition) is 1. The summed E-state index contributed by atoms with van der Waals surface area (Å²) in [6.07, 6.45) is 4.31. The average molecular weight is 320 g/mol. The molecular formula is C15H16N2O4S. The lowest BCUT2D eigenvalue weighted by Gasteiger charge is -2.23. The number of rotatable bonds is 6. The van der Waals surface area contributed by atoms with Gasteiger partial charge >= 0.3 is 5.97 Å². The van der Waals surface area contributed by atoms with E-state index in [-0.39, 0.29) is 22.8 Å². The molecule has 7 heteroatoms. The van der Waals surface area contributed by atoms with E-state index in [2.05, 4.69) is 4.98 Å². The number of thioether (sulfide) groups is 1. The minimum atomic E-state index is -1.13. The number of aliphatic carboxylic acids is 1. The molecule has 1 aromatic rings. The van der Waals surface area contributed by atoms with E-state index in [1.165, 1.54) is 22.9 Å². The summed E-state index contributed by atoms with van der Waals surface area (Å²) < 4.78 is 0. The van der Waals surface area contributed by atoms with Gasteiger partial charge < -0.3 is 10.0 Å². The molecule has 0 saturated heterocycles. The van der Waals surface area contributed by atoms with Crippen LogP contribution in [0.25, 0.3) is 0 Å². The average Bonchev–Trinajstić information content (AvgIpc) is 2.78.